The average molecular weight is 421 g/mol. The molecule has 6 nitrogen and oxygen atoms in total. The van der Waals surface area contributed by atoms with Gasteiger partial charge in [0.05, 0.1) is 11.0 Å². The summed E-state index contributed by atoms with van der Waals surface area (Å²) in [6, 6.07) is 15.4. The van der Waals surface area contributed by atoms with Crippen LogP contribution in [0.25, 0.3) is 11.0 Å². The number of hydrogen-bond acceptors (Lipinski definition) is 3. The number of para-hydroxylation sites is 2. The van der Waals surface area contributed by atoms with Gasteiger partial charge in [-0.25, -0.2) is 4.98 Å². The van der Waals surface area contributed by atoms with Crippen molar-refractivity contribution in [1.29, 1.82) is 0 Å². The first kappa shape index (κ1) is 22.5. The monoisotopic (exact) mass is 420 g/mol. The van der Waals surface area contributed by atoms with Crippen molar-refractivity contribution in [2.45, 2.75) is 46.6 Å². The Hall–Kier alpha value is -3.15. The molecule has 0 unspecified atom stereocenters. The van der Waals surface area contributed by atoms with Crippen LogP contribution in [0.4, 0.5) is 0 Å². The van der Waals surface area contributed by atoms with Crippen LogP contribution in [0.5, 0.6) is 0 Å². The molecule has 6 heteroatoms. The molecular weight excluding hydrogens is 388 g/mol. The predicted molar refractivity (Wildman–Crippen MR) is 124 cm³/mol. The number of rotatable bonds is 10. The van der Waals surface area contributed by atoms with Crippen molar-refractivity contribution in [1.82, 2.24) is 19.8 Å². The van der Waals surface area contributed by atoms with Crippen LogP contribution >= 0.6 is 0 Å². The first-order valence-electron chi connectivity index (χ1n) is 11.1. The van der Waals surface area contributed by atoms with Crippen LogP contribution in [0, 0.1) is 6.92 Å². The highest BCUT2D eigenvalue weighted by atomic mass is 16.2. The zero-order chi connectivity index (χ0) is 22.2. The summed E-state index contributed by atoms with van der Waals surface area (Å²) in [5, 5.41) is 2.99. The number of hydrogen-bond donors (Lipinski definition) is 1. The van der Waals surface area contributed by atoms with E-state index >= 15 is 0 Å². The molecule has 0 saturated carbocycles. The fourth-order valence-corrected chi connectivity index (χ4v) is 3.84. The van der Waals surface area contributed by atoms with E-state index in [9.17, 15) is 9.59 Å². The number of fused-ring (bicyclic) bond motifs is 1. The summed E-state index contributed by atoms with van der Waals surface area (Å²) in [6.45, 7) is 8.36. The van der Waals surface area contributed by atoms with Gasteiger partial charge in [0.25, 0.3) is 5.91 Å². The van der Waals surface area contributed by atoms with Gasteiger partial charge >= 0.3 is 0 Å². The maximum absolute atomic E-state index is 13.0. The van der Waals surface area contributed by atoms with Crippen molar-refractivity contribution in [3.63, 3.8) is 0 Å². The first-order chi connectivity index (χ1) is 15.0. The van der Waals surface area contributed by atoms with Gasteiger partial charge in [0.15, 0.2) is 0 Å². The lowest BCUT2D eigenvalue weighted by atomic mass is 10.1. The third kappa shape index (κ3) is 5.51. The van der Waals surface area contributed by atoms with Crippen LogP contribution in [-0.4, -0.2) is 45.9 Å². The van der Waals surface area contributed by atoms with E-state index in [1.807, 2.05) is 64.9 Å². The van der Waals surface area contributed by atoms with Crippen molar-refractivity contribution >= 4 is 22.8 Å². The van der Waals surface area contributed by atoms with E-state index in [2.05, 4.69) is 19.2 Å². The standard InChI is InChI=1S/C25H32N4O2/c1-4-16-28(17-5-2)24(30)18-29-22-13-9-8-12-21(22)27-23(29)14-15-26-25(31)20-11-7-6-10-19(20)3/h6-13H,4-5,14-18H2,1-3H3,(H,26,31). The molecule has 3 aromatic rings. The van der Waals surface area contributed by atoms with Crippen LogP contribution in [0.3, 0.4) is 0 Å². The lowest BCUT2D eigenvalue weighted by molar-refractivity contribution is -0.131. The molecule has 31 heavy (non-hydrogen) atoms. The second kappa shape index (κ2) is 10.8. The van der Waals surface area contributed by atoms with Crippen LogP contribution in [-0.2, 0) is 17.8 Å². The lowest BCUT2D eigenvalue weighted by Gasteiger charge is -2.22. The molecule has 0 aliphatic heterocycles. The van der Waals surface area contributed by atoms with E-state index in [0.29, 0.717) is 18.5 Å². The van der Waals surface area contributed by atoms with Gasteiger partial charge in [0.2, 0.25) is 5.91 Å². The molecule has 0 aliphatic carbocycles. The Morgan fingerprint density at radius 3 is 2.39 bits per heavy atom. The summed E-state index contributed by atoms with van der Waals surface area (Å²) < 4.78 is 2.00. The van der Waals surface area contributed by atoms with Gasteiger partial charge in [-0.05, 0) is 43.5 Å². The zero-order valence-electron chi connectivity index (χ0n) is 18.7. The second-order valence-electron chi connectivity index (χ2n) is 7.80. The Balaban J connectivity index is 1.75. The van der Waals surface area contributed by atoms with Crippen LogP contribution in [0.2, 0.25) is 0 Å². The molecule has 1 N–H and O–H groups in total. The van der Waals surface area contributed by atoms with E-state index in [1.54, 1.807) is 0 Å². The summed E-state index contributed by atoms with van der Waals surface area (Å²) in [5.41, 5.74) is 3.45. The minimum absolute atomic E-state index is 0.0890. The SMILES string of the molecule is CCCN(CCC)C(=O)Cn1c(CCNC(=O)c2ccccc2C)nc2ccccc21. The van der Waals surface area contributed by atoms with Gasteiger partial charge in [-0.3, -0.25) is 9.59 Å². The number of aryl methyl sites for hydroxylation is 1. The largest absolute Gasteiger partial charge is 0.352 e. The van der Waals surface area contributed by atoms with E-state index < -0.39 is 0 Å². The molecule has 1 aromatic heterocycles. The molecule has 1 heterocycles. The Morgan fingerprint density at radius 1 is 1.00 bits per heavy atom. The quantitative estimate of drug-likeness (QED) is 0.540. The molecule has 164 valence electrons. The molecule has 0 fully saturated rings. The Kier molecular flexibility index (Phi) is 7.82. The maximum Gasteiger partial charge on any atom is 0.251 e. The van der Waals surface area contributed by atoms with Crippen molar-refractivity contribution in [3.8, 4) is 0 Å². The van der Waals surface area contributed by atoms with Gasteiger partial charge in [0, 0.05) is 31.6 Å². The summed E-state index contributed by atoms with van der Waals surface area (Å²) in [6.07, 6.45) is 2.43. The zero-order valence-corrected chi connectivity index (χ0v) is 18.7. The van der Waals surface area contributed by atoms with E-state index in [1.165, 1.54) is 0 Å². The van der Waals surface area contributed by atoms with Crippen molar-refractivity contribution in [2.24, 2.45) is 0 Å². The molecular formula is C25H32N4O2. The Morgan fingerprint density at radius 2 is 1.68 bits per heavy atom. The number of imidazole rings is 1. The lowest BCUT2D eigenvalue weighted by Crippen LogP contribution is -2.35. The van der Waals surface area contributed by atoms with Gasteiger partial charge in [-0.15, -0.1) is 0 Å². The molecule has 2 amide bonds. The van der Waals surface area contributed by atoms with Gasteiger partial charge < -0.3 is 14.8 Å². The predicted octanol–water partition coefficient (Wildman–Crippen LogP) is 3.97. The average Bonchev–Trinajstić information content (AvgIpc) is 3.11. The number of nitrogens with zero attached hydrogens (tertiary/aromatic N) is 3. The number of benzene rings is 2. The Labute approximate surface area is 184 Å². The second-order valence-corrected chi connectivity index (χ2v) is 7.80. The number of nitrogens with one attached hydrogen (secondary N) is 1. The van der Waals surface area contributed by atoms with Crippen LogP contribution in [0.1, 0.15) is 48.4 Å². The molecule has 0 atom stereocenters. The van der Waals surface area contributed by atoms with Crippen molar-refractivity contribution in [3.05, 3.63) is 65.5 Å². The number of carbonyl (C=O) groups is 2. The maximum atomic E-state index is 13.0. The van der Waals surface area contributed by atoms with E-state index in [4.69, 9.17) is 4.98 Å². The van der Waals surface area contributed by atoms with Gasteiger partial charge in [-0.2, -0.15) is 0 Å². The van der Waals surface area contributed by atoms with Crippen LogP contribution in [0.15, 0.2) is 48.5 Å². The summed E-state index contributed by atoms with van der Waals surface area (Å²) in [5.74, 6) is 0.832. The molecule has 0 radical (unpaired) electrons. The number of carbonyl (C=O) groups excluding carboxylic acids is 2. The van der Waals surface area contributed by atoms with Gasteiger partial charge in [-0.1, -0.05) is 44.2 Å². The van der Waals surface area contributed by atoms with Crippen molar-refractivity contribution in [2.75, 3.05) is 19.6 Å². The molecule has 0 bridgehead atoms. The Bertz CT molecular complexity index is 1030. The highest BCUT2D eigenvalue weighted by Crippen LogP contribution is 2.17. The smallest absolute Gasteiger partial charge is 0.251 e. The van der Waals surface area contributed by atoms with Crippen LogP contribution < -0.4 is 5.32 Å². The third-order valence-corrected chi connectivity index (χ3v) is 5.39. The summed E-state index contributed by atoms with van der Waals surface area (Å²) in [7, 11) is 0. The highest BCUT2D eigenvalue weighted by Gasteiger charge is 2.18. The molecule has 3 rings (SSSR count). The fraction of sp³-hybridized carbons (Fsp3) is 0.400. The topological polar surface area (TPSA) is 67.2 Å². The molecule has 0 spiro atoms. The van der Waals surface area contributed by atoms with E-state index in [-0.39, 0.29) is 18.4 Å². The van der Waals surface area contributed by atoms with E-state index in [0.717, 1.165) is 48.4 Å². The number of amides is 2. The molecule has 2 aromatic carbocycles. The van der Waals surface area contributed by atoms with Crippen molar-refractivity contribution < 1.29 is 9.59 Å². The number of aromatic nitrogens is 2. The molecule has 0 saturated heterocycles. The minimum atomic E-state index is -0.0890. The minimum Gasteiger partial charge on any atom is -0.352 e. The van der Waals surface area contributed by atoms with Gasteiger partial charge in [0.1, 0.15) is 12.4 Å². The fourth-order valence-electron chi connectivity index (χ4n) is 3.84. The third-order valence-electron chi connectivity index (χ3n) is 5.39. The summed E-state index contributed by atoms with van der Waals surface area (Å²) >= 11 is 0. The summed E-state index contributed by atoms with van der Waals surface area (Å²) in [4.78, 5) is 32.2. The first-order valence-corrected chi connectivity index (χ1v) is 11.1. The normalized spacial score (nSPS) is 10.9. The molecule has 0 aliphatic rings. The highest BCUT2D eigenvalue weighted by molar-refractivity contribution is 5.95.